The predicted octanol–water partition coefficient (Wildman–Crippen LogP) is 1.95. The standard InChI is InChI=1S/C14H17NO2/c16-13-8-4-7-12(9-13)15-10-14(17)11-5-2-1-3-6-11/h1-3,5-6,9,14-15,17H,4,7-8,10H2. The lowest BCUT2D eigenvalue weighted by Gasteiger charge is -2.17. The fraction of sp³-hybridized carbons (Fsp3) is 0.357. The van der Waals surface area contributed by atoms with Crippen LogP contribution >= 0.6 is 0 Å². The van der Waals surface area contributed by atoms with Gasteiger partial charge in [-0.15, -0.1) is 0 Å². The van der Waals surface area contributed by atoms with Gasteiger partial charge in [0.25, 0.3) is 0 Å². The van der Waals surface area contributed by atoms with Gasteiger partial charge in [0.2, 0.25) is 0 Å². The fourth-order valence-electron chi connectivity index (χ4n) is 1.95. The number of carbonyl (C=O) groups excluding carboxylic acids is 1. The molecular formula is C14H17NO2. The summed E-state index contributed by atoms with van der Waals surface area (Å²) in [5.74, 6) is 0.174. The van der Waals surface area contributed by atoms with Gasteiger partial charge in [0.1, 0.15) is 0 Å². The fourth-order valence-corrected chi connectivity index (χ4v) is 1.95. The zero-order valence-electron chi connectivity index (χ0n) is 9.73. The molecule has 0 amide bonds. The number of carbonyl (C=O) groups is 1. The van der Waals surface area contributed by atoms with Crippen LogP contribution in [0.1, 0.15) is 30.9 Å². The van der Waals surface area contributed by atoms with E-state index in [1.54, 1.807) is 6.08 Å². The summed E-state index contributed by atoms with van der Waals surface area (Å²) in [6.07, 6.45) is 3.56. The van der Waals surface area contributed by atoms with Gasteiger partial charge in [-0.2, -0.15) is 0 Å². The molecule has 1 aromatic carbocycles. The number of aliphatic hydroxyl groups is 1. The summed E-state index contributed by atoms with van der Waals surface area (Å²) >= 11 is 0. The molecule has 0 aromatic heterocycles. The first kappa shape index (κ1) is 11.9. The van der Waals surface area contributed by atoms with Crippen molar-refractivity contribution >= 4 is 5.78 Å². The number of hydrogen-bond acceptors (Lipinski definition) is 3. The van der Waals surface area contributed by atoms with Gasteiger partial charge in [-0.25, -0.2) is 0 Å². The Morgan fingerprint density at radius 3 is 2.71 bits per heavy atom. The minimum Gasteiger partial charge on any atom is -0.387 e. The molecule has 2 N–H and O–H groups in total. The average Bonchev–Trinajstić information content (AvgIpc) is 2.37. The van der Waals surface area contributed by atoms with Gasteiger partial charge < -0.3 is 10.4 Å². The Morgan fingerprint density at radius 2 is 2.00 bits per heavy atom. The van der Waals surface area contributed by atoms with E-state index in [9.17, 15) is 9.90 Å². The van der Waals surface area contributed by atoms with Crippen molar-refractivity contribution in [2.45, 2.75) is 25.4 Å². The Kier molecular flexibility index (Phi) is 3.94. The summed E-state index contributed by atoms with van der Waals surface area (Å²) in [6, 6.07) is 9.52. The molecule has 3 heteroatoms. The van der Waals surface area contributed by atoms with Crippen LogP contribution in [0.2, 0.25) is 0 Å². The zero-order chi connectivity index (χ0) is 12.1. The minimum atomic E-state index is -0.533. The van der Waals surface area contributed by atoms with E-state index in [4.69, 9.17) is 0 Å². The molecule has 2 rings (SSSR count). The van der Waals surface area contributed by atoms with E-state index in [1.807, 2.05) is 30.3 Å². The molecule has 1 aliphatic carbocycles. The number of benzene rings is 1. The van der Waals surface area contributed by atoms with Crippen molar-refractivity contribution in [3.63, 3.8) is 0 Å². The van der Waals surface area contributed by atoms with Crippen molar-refractivity contribution in [1.82, 2.24) is 5.32 Å². The summed E-state index contributed by atoms with van der Waals surface area (Å²) in [6.45, 7) is 0.448. The smallest absolute Gasteiger partial charge is 0.157 e. The number of aliphatic hydroxyl groups excluding tert-OH is 1. The molecule has 0 spiro atoms. The molecule has 0 aliphatic heterocycles. The van der Waals surface area contributed by atoms with E-state index < -0.39 is 6.10 Å². The van der Waals surface area contributed by atoms with Crippen LogP contribution in [-0.2, 0) is 4.79 Å². The number of hydrogen-bond donors (Lipinski definition) is 2. The normalized spacial score (nSPS) is 17.5. The first-order valence-corrected chi connectivity index (χ1v) is 5.96. The van der Waals surface area contributed by atoms with Crippen molar-refractivity contribution in [2.75, 3.05) is 6.54 Å². The molecule has 1 aromatic rings. The van der Waals surface area contributed by atoms with Crippen LogP contribution in [0.25, 0.3) is 0 Å². The van der Waals surface area contributed by atoms with Gasteiger partial charge in [-0.3, -0.25) is 4.79 Å². The topological polar surface area (TPSA) is 49.3 Å². The zero-order valence-corrected chi connectivity index (χ0v) is 9.73. The van der Waals surface area contributed by atoms with E-state index in [-0.39, 0.29) is 5.78 Å². The van der Waals surface area contributed by atoms with E-state index in [1.165, 1.54) is 0 Å². The Labute approximate surface area is 101 Å². The Bertz CT molecular complexity index is 411. The van der Waals surface area contributed by atoms with Gasteiger partial charge in [0.15, 0.2) is 5.78 Å². The van der Waals surface area contributed by atoms with Gasteiger partial charge >= 0.3 is 0 Å². The molecule has 1 unspecified atom stereocenters. The second kappa shape index (κ2) is 5.64. The lowest BCUT2D eigenvalue weighted by atomic mass is 10.0. The molecule has 3 nitrogen and oxygen atoms in total. The van der Waals surface area contributed by atoms with E-state index in [0.717, 1.165) is 24.1 Å². The molecule has 1 aliphatic rings. The third-order valence-electron chi connectivity index (χ3n) is 2.91. The first-order chi connectivity index (χ1) is 8.25. The first-order valence-electron chi connectivity index (χ1n) is 5.96. The molecule has 0 heterocycles. The summed E-state index contributed by atoms with van der Waals surface area (Å²) in [5, 5.41) is 13.1. The highest BCUT2D eigenvalue weighted by Gasteiger charge is 2.11. The van der Waals surface area contributed by atoms with Crippen LogP contribution in [0.5, 0.6) is 0 Å². The molecule has 17 heavy (non-hydrogen) atoms. The number of ketones is 1. The maximum absolute atomic E-state index is 11.2. The van der Waals surface area contributed by atoms with Crippen molar-refractivity contribution in [3.8, 4) is 0 Å². The number of rotatable bonds is 4. The summed E-state index contributed by atoms with van der Waals surface area (Å²) < 4.78 is 0. The van der Waals surface area contributed by atoms with Crippen LogP contribution in [0, 0.1) is 0 Å². The molecule has 0 bridgehead atoms. The van der Waals surface area contributed by atoms with Crippen LogP contribution in [0.15, 0.2) is 42.1 Å². The van der Waals surface area contributed by atoms with Crippen molar-refractivity contribution in [2.24, 2.45) is 0 Å². The average molecular weight is 231 g/mol. The second-order valence-electron chi connectivity index (χ2n) is 4.30. The van der Waals surface area contributed by atoms with Gasteiger partial charge in [-0.05, 0) is 18.4 Å². The molecule has 0 saturated heterocycles. The molecule has 0 fully saturated rings. The lowest BCUT2D eigenvalue weighted by Crippen LogP contribution is -2.23. The molecular weight excluding hydrogens is 214 g/mol. The van der Waals surface area contributed by atoms with Crippen LogP contribution in [-0.4, -0.2) is 17.4 Å². The second-order valence-corrected chi connectivity index (χ2v) is 4.30. The Hall–Kier alpha value is -1.61. The largest absolute Gasteiger partial charge is 0.387 e. The highest BCUT2D eigenvalue weighted by molar-refractivity contribution is 5.91. The van der Waals surface area contributed by atoms with Crippen LogP contribution < -0.4 is 5.32 Å². The third-order valence-corrected chi connectivity index (χ3v) is 2.91. The number of allylic oxidation sites excluding steroid dienone is 2. The molecule has 90 valence electrons. The quantitative estimate of drug-likeness (QED) is 0.832. The Morgan fingerprint density at radius 1 is 1.24 bits per heavy atom. The SMILES string of the molecule is O=C1C=C(NCC(O)c2ccccc2)CCC1. The van der Waals surface area contributed by atoms with Gasteiger partial charge in [-0.1, -0.05) is 30.3 Å². The Balaban J connectivity index is 1.88. The maximum Gasteiger partial charge on any atom is 0.157 e. The van der Waals surface area contributed by atoms with Crippen molar-refractivity contribution in [3.05, 3.63) is 47.7 Å². The third kappa shape index (κ3) is 3.43. The molecule has 0 radical (unpaired) electrons. The van der Waals surface area contributed by atoms with Crippen LogP contribution in [0.4, 0.5) is 0 Å². The lowest BCUT2D eigenvalue weighted by molar-refractivity contribution is -0.115. The minimum absolute atomic E-state index is 0.174. The van der Waals surface area contributed by atoms with Crippen molar-refractivity contribution < 1.29 is 9.90 Å². The maximum atomic E-state index is 11.2. The van der Waals surface area contributed by atoms with Gasteiger partial charge in [0, 0.05) is 24.7 Å². The highest BCUT2D eigenvalue weighted by Crippen LogP contribution is 2.15. The molecule has 0 saturated carbocycles. The van der Waals surface area contributed by atoms with E-state index in [2.05, 4.69) is 5.32 Å². The summed E-state index contributed by atoms with van der Waals surface area (Å²) in [4.78, 5) is 11.2. The highest BCUT2D eigenvalue weighted by atomic mass is 16.3. The summed E-state index contributed by atoms with van der Waals surface area (Å²) in [7, 11) is 0. The summed E-state index contributed by atoms with van der Waals surface area (Å²) in [5.41, 5.74) is 1.83. The number of nitrogens with one attached hydrogen (secondary N) is 1. The van der Waals surface area contributed by atoms with Gasteiger partial charge in [0.05, 0.1) is 6.10 Å². The predicted molar refractivity (Wildman–Crippen MR) is 66.3 cm³/mol. The van der Waals surface area contributed by atoms with Crippen molar-refractivity contribution in [1.29, 1.82) is 0 Å². The van der Waals surface area contributed by atoms with E-state index in [0.29, 0.717) is 13.0 Å². The van der Waals surface area contributed by atoms with Crippen LogP contribution in [0.3, 0.4) is 0 Å². The monoisotopic (exact) mass is 231 g/mol. The van der Waals surface area contributed by atoms with E-state index >= 15 is 0 Å². The molecule has 1 atom stereocenters.